The molecule has 0 bridgehead atoms. The summed E-state index contributed by atoms with van der Waals surface area (Å²) in [6.07, 6.45) is 1.62. The van der Waals surface area contributed by atoms with Gasteiger partial charge in [-0.15, -0.1) is 0 Å². The Kier molecular flexibility index (Phi) is 3.35. The monoisotopic (exact) mass is 269 g/mol. The van der Waals surface area contributed by atoms with Gasteiger partial charge in [-0.3, -0.25) is 4.79 Å². The molecule has 2 heterocycles. The summed E-state index contributed by atoms with van der Waals surface area (Å²) in [6.45, 7) is 1.68. The van der Waals surface area contributed by atoms with E-state index in [9.17, 15) is 4.79 Å². The topological polar surface area (TPSA) is 63.2 Å². The highest BCUT2D eigenvalue weighted by molar-refractivity contribution is 6.05. The summed E-state index contributed by atoms with van der Waals surface area (Å²) in [5.74, 6) is 0.245. The second kappa shape index (κ2) is 5.30. The second-order valence-corrected chi connectivity index (χ2v) is 4.60. The molecule has 1 aliphatic rings. The molecule has 0 radical (unpaired) electrons. The first-order valence-electron chi connectivity index (χ1n) is 6.41. The molecule has 3 rings (SSSR count). The molecule has 1 aromatic carbocycles. The standard InChI is InChI=1S/C15H15N3O2/c1-20-15-13(3-2-6-17-15)18-14(19)10-4-5-11-8-16-9-12(11)7-10/h2-7,16H,8-9H2,1H3,(H,18,19). The minimum Gasteiger partial charge on any atom is -0.480 e. The molecule has 102 valence electrons. The quantitative estimate of drug-likeness (QED) is 0.894. The third-order valence-corrected chi connectivity index (χ3v) is 3.31. The lowest BCUT2D eigenvalue weighted by Gasteiger charge is -2.09. The maximum Gasteiger partial charge on any atom is 0.255 e. The lowest BCUT2D eigenvalue weighted by Crippen LogP contribution is -2.13. The van der Waals surface area contributed by atoms with E-state index in [4.69, 9.17) is 4.74 Å². The van der Waals surface area contributed by atoms with Crippen molar-refractivity contribution in [3.8, 4) is 5.88 Å². The smallest absolute Gasteiger partial charge is 0.255 e. The number of ether oxygens (including phenoxy) is 1. The Hall–Kier alpha value is -2.40. The molecular weight excluding hydrogens is 254 g/mol. The molecule has 0 saturated heterocycles. The van der Waals surface area contributed by atoms with Crippen LogP contribution in [0.25, 0.3) is 0 Å². The average molecular weight is 269 g/mol. The van der Waals surface area contributed by atoms with Crippen LogP contribution in [0.5, 0.6) is 5.88 Å². The number of rotatable bonds is 3. The van der Waals surface area contributed by atoms with Crippen LogP contribution in [0.3, 0.4) is 0 Å². The van der Waals surface area contributed by atoms with Crippen molar-refractivity contribution in [3.05, 3.63) is 53.2 Å². The predicted octanol–water partition coefficient (Wildman–Crippen LogP) is 1.95. The first-order valence-corrected chi connectivity index (χ1v) is 6.41. The Morgan fingerprint density at radius 1 is 1.30 bits per heavy atom. The first kappa shape index (κ1) is 12.6. The zero-order valence-corrected chi connectivity index (χ0v) is 11.1. The van der Waals surface area contributed by atoms with Crippen molar-refractivity contribution in [2.75, 3.05) is 12.4 Å². The van der Waals surface area contributed by atoms with Gasteiger partial charge < -0.3 is 15.4 Å². The fraction of sp³-hybridized carbons (Fsp3) is 0.200. The number of benzene rings is 1. The molecule has 0 aliphatic carbocycles. The Balaban J connectivity index is 1.83. The van der Waals surface area contributed by atoms with E-state index < -0.39 is 0 Å². The highest BCUT2D eigenvalue weighted by atomic mass is 16.5. The van der Waals surface area contributed by atoms with Crippen molar-refractivity contribution in [2.45, 2.75) is 13.1 Å². The molecule has 0 fully saturated rings. The molecule has 2 aromatic rings. The number of carbonyl (C=O) groups excluding carboxylic acids is 1. The number of nitrogens with one attached hydrogen (secondary N) is 2. The summed E-state index contributed by atoms with van der Waals surface area (Å²) in [7, 11) is 1.53. The minimum atomic E-state index is -0.161. The van der Waals surface area contributed by atoms with Gasteiger partial charge in [-0.05, 0) is 35.4 Å². The molecular formula is C15H15N3O2. The van der Waals surface area contributed by atoms with Crippen LogP contribution in [0.15, 0.2) is 36.5 Å². The molecule has 5 nitrogen and oxygen atoms in total. The largest absolute Gasteiger partial charge is 0.480 e. The fourth-order valence-electron chi connectivity index (χ4n) is 2.28. The van der Waals surface area contributed by atoms with Gasteiger partial charge in [-0.1, -0.05) is 6.07 Å². The number of hydrogen-bond acceptors (Lipinski definition) is 4. The Bertz CT molecular complexity index is 655. The number of nitrogens with zero attached hydrogens (tertiary/aromatic N) is 1. The third-order valence-electron chi connectivity index (χ3n) is 3.31. The molecule has 1 aromatic heterocycles. The van der Waals surface area contributed by atoms with E-state index in [1.165, 1.54) is 18.2 Å². The molecule has 0 atom stereocenters. The molecule has 0 spiro atoms. The Labute approximate surface area is 117 Å². The van der Waals surface area contributed by atoms with Crippen LogP contribution in [0, 0.1) is 0 Å². The maximum atomic E-state index is 12.3. The maximum absolute atomic E-state index is 12.3. The van der Waals surface area contributed by atoms with E-state index in [-0.39, 0.29) is 5.91 Å². The molecule has 1 aliphatic heterocycles. The summed E-state index contributed by atoms with van der Waals surface area (Å²) in [5.41, 5.74) is 3.63. The number of amides is 1. The highest BCUT2D eigenvalue weighted by Gasteiger charge is 2.14. The zero-order valence-electron chi connectivity index (χ0n) is 11.1. The van der Waals surface area contributed by atoms with Gasteiger partial charge in [-0.25, -0.2) is 4.98 Å². The minimum absolute atomic E-state index is 0.161. The number of hydrogen-bond donors (Lipinski definition) is 2. The highest BCUT2D eigenvalue weighted by Crippen LogP contribution is 2.22. The van der Waals surface area contributed by atoms with Gasteiger partial charge in [0.1, 0.15) is 5.69 Å². The van der Waals surface area contributed by atoms with E-state index in [2.05, 4.69) is 15.6 Å². The van der Waals surface area contributed by atoms with E-state index in [0.717, 1.165) is 13.1 Å². The van der Waals surface area contributed by atoms with E-state index in [0.29, 0.717) is 17.1 Å². The Morgan fingerprint density at radius 3 is 3.00 bits per heavy atom. The van der Waals surface area contributed by atoms with Crippen molar-refractivity contribution < 1.29 is 9.53 Å². The summed E-state index contributed by atoms with van der Waals surface area (Å²) >= 11 is 0. The number of pyridine rings is 1. The SMILES string of the molecule is COc1ncccc1NC(=O)c1ccc2c(c1)CNC2. The average Bonchev–Trinajstić information content (AvgIpc) is 2.95. The van der Waals surface area contributed by atoms with Crippen LogP contribution in [-0.4, -0.2) is 18.0 Å². The zero-order chi connectivity index (χ0) is 13.9. The van der Waals surface area contributed by atoms with Gasteiger partial charge in [-0.2, -0.15) is 0 Å². The van der Waals surface area contributed by atoms with Gasteiger partial charge in [0, 0.05) is 24.8 Å². The van der Waals surface area contributed by atoms with Crippen molar-refractivity contribution >= 4 is 11.6 Å². The van der Waals surface area contributed by atoms with E-state index in [1.807, 2.05) is 18.2 Å². The molecule has 0 unspecified atom stereocenters. The van der Waals surface area contributed by atoms with Crippen LogP contribution in [0.1, 0.15) is 21.5 Å². The molecule has 1 amide bonds. The van der Waals surface area contributed by atoms with Gasteiger partial charge in [0.2, 0.25) is 5.88 Å². The lowest BCUT2D eigenvalue weighted by atomic mass is 10.1. The third kappa shape index (κ3) is 2.35. The van der Waals surface area contributed by atoms with Gasteiger partial charge >= 0.3 is 0 Å². The number of carbonyl (C=O) groups is 1. The van der Waals surface area contributed by atoms with Crippen LogP contribution < -0.4 is 15.4 Å². The summed E-state index contributed by atoms with van der Waals surface area (Å²) in [6, 6.07) is 9.27. The number of anilines is 1. The normalized spacial score (nSPS) is 12.8. The second-order valence-electron chi connectivity index (χ2n) is 4.60. The Morgan fingerprint density at radius 2 is 2.15 bits per heavy atom. The van der Waals surface area contributed by atoms with Crippen LogP contribution in [-0.2, 0) is 13.1 Å². The molecule has 20 heavy (non-hydrogen) atoms. The van der Waals surface area contributed by atoms with Gasteiger partial charge in [0.05, 0.1) is 7.11 Å². The lowest BCUT2D eigenvalue weighted by molar-refractivity contribution is 0.102. The first-order chi connectivity index (χ1) is 9.78. The van der Waals surface area contributed by atoms with Gasteiger partial charge in [0.25, 0.3) is 5.91 Å². The van der Waals surface area contributed by atoms with Crippen molar-refractivity contribution in [1.82, 2.24) is 10.3 Å². The molecule has 0 saturated carbocycles. The number of methoxy groups -OCH3 is 1. The summed E-state index contributed by atoms with van der Waals surface area (Å²) in [4.78, 5) is 16.3. The number of fused-ring (bicyclic) bond motifs is 1. The van der Waals surface area contributed by atoms with Crippen LogP contribution in [0.2, 0.25) is 0 Å². The van der Waals surface area contributed by atoms with Gasteiger partial charge in [0.15, 0.2) is 0 Å². The molecule has 5 heteroatoms. The van der Waals surface area contributed by atoms with Crippen LogP contribution >= 0.6 is 0 Å². The van der Waals surface area contributed by atoms with Crippen molar-refractivity contribution in [2.24, 2.45) is 0 Å². The van der Waals surface area contributed by atoms with E-state index >= 15 is 0 Å². The predicted molar refractivity (Wildman–Crippen MR) is 75.7 cm³/mol. The number of aromatic nitrogens is 1. The fourth-order valence-corrected chi connectivity index (χ4v) is 2.28. The van der Waals surface area contributed by atoms with Crippen LogP contribution in [0.4, 0.5) is 5.69 Å². The molecule has 2 N–H and O–H groups in total. The summed E-state index contributed by atoms with van der Waals surface area (Å²) in [5, 5.41) is 6.08. The summed E-state index contributed by atoms with van der Waals surface area (Å²) < 4.78 is 5.12. The van der Waals surface area contributed by atoms with Crippen molar-refractivity contribution in [3.63, 3.8) is 0 Å². The van der Waals surface area contributed by atoms with E-state index in [1.54, 1.807) is 18.3 Å². The van der Waals surface area contributed by atoms with Crippen molar-refractivity contribution in [1.29, 1.82) is 0 Å².